The fourth-order valence-corrected chi connectivity index (χ4v) is 2.06. The van der Waals surface area contributed by atoms with Crippen molar-refractivity contribution in [3.63, 3.8) is 0 Å². The van der Waals surface area contributed by atoms with Crippen LogP contribution in [0.2, 0.25) is 0 Å². The maximum atomic E-state index is 11.8. The molecule has 1 heterocycles. The molecule has 1 aliphatic heterocycles. The second-order valence-corrected chi connectivity index (χ2v) is 4.77. The van der Waals surface area contributed by atoms with E-state index in [4.69, 9.17) is 11.5 Å². The van der Waals surface area contributed by atoms with Crippen molar-refractivity contribution >= 4 is 5.91 Å². The highest BCUT2D eigenvalue weighted by Crippen LogP contribution is 2.07. The van der Waals surface area contributed by atoms with Crippen LogP contribution in [0.5, 0.6) is 0 Å². The number of hydrazine groups is 1. The van der Waals surface area contributed by atoms with Crippen molar-refractivity contribution in [2.24, 2.45) is 11.5 Å². The molecule has 5 N–H and O–H groups in total. The Bertz CT molecular complexity index is 215. The Morgan fingerprint density at radius 3 is 2.41 bits per heavy atom. The first kappa shape index (κ1) is 14.4. The van der Waals surface area contributed by atoms with Crippen LogP contribution in [0.3, 0.4) is 0 Å². The molecule has 1 atom stereocenters. The zero-order chi connectivity index (χ0) is 12.5. The van der Waals surface area contributed by atoms with Crippen molar-refractivity contribution in [1.29, 1.82) is 0 Å². The van der Waals surface area contributed by atoms with Crippen molar-refractivity contribution in [1.82, 2.24) is 10.4 Å². The molecule has 1 unspecified atom stereocenters. The molecule has 0 aromatic rings. The molecule has 5 nitrogen and oxygen atoms in total. The number of hydrogen-bond donors (Lipinski definition) is 3. The van der Waals surface area contributed by atoms with Gasteiger partial charge in [0.2, 0.25) is 0 Å². The summed E-state index contributed by atoms with van der Waals surface area (Å²) < 4.78 is 0. The van der Waals surface area contributed by atoms with Gasteiger partial charge in [0.05, 0.1) is 6.04 Å². The minimum atomic E-state index is -0.398. The molecule has 0 aliphatic carbocycles. The van der Waals surface area contributed by atoms with Gasteiger partial charge in [-0.05, 0) is 32.2 Å². The summed E-state index contributed by atoms with van der Waals surface area (Å²) >= 11 is 0. The van der Waals surface area contributed by atoms with Crippen LogP contribution >= 0.6 is 0 Å². The molecular weight excluding hydrogens is 216 g/mol. The lowest BCUT2D eigenvalue weighted by Crippen LogP contribution is -2.49. The Balaban J connectivity index is 2.21. The van der Waals surface area contributed by atoms with Crippen LogP contribution in [-0.4, -0.2) is 36.6 Å². The second-order valence-electron chi connectivity index (χ2n) is 4.77. The lowest BCUT2D eigenvalue weighted by Gasteiger charge is -2.23. The van der Waals surface area contributed by atoms with Gasteiger partial charge in [0, 0.05) is 13.1 Å². The number of nitrogens with zero attached hydrogens (tertiary/aromatic N) is 1. The third-order valence-corrected chi connectivity index (χ3v) is 3.18. The summed E-state index contributed by atoms with van der Waals surface area (Å²) in [6, 6.07) is -0.398. The highest BCUT2D eigenvalue weighted by molar-refractivity contribution is 5.80. The Hall–Kier alpha value is -0.650. The zero-order valence-electron chi connectivity index (χ0n) is 10.7. The molecule has 0 aromatic heterocycles. The zero-order valence-corrected chi connectivity index (χ0v) is 10.7. The maximum Gasteiger partial charge on any atom is 0.251 e. The van der Waals surface area contributed by atoms with Gasteiger partial charge >= 0.3 is 0 Å². The number of carbonyl (C=O) groups is 1. The third-order valence-electron chi connectivity index (χ3n) is 3.18. The molecule has 1 rings (SSSR count). The maximum absolute atomic E-state index is 11.8. The topological polar surface area (TPSA) is 84.4 Å². The van der Waals surface area contributed by atoms with E-state index in [1.54, 1.807) is 0 Å². The number of amides is 1. The first-order valence-corrected chi connectivity index (χ1v) is 6.75. The van der Waals surface area contributed by atoms with Gasteiger partial charge in [-0.15, -0.1) is 0 Å². The van der Waals surface area contributed by atoms with E-state index in [9.17, 15) is 4.79 Å². The van der Waals surface area contributed by atoms with Gasteiger partial charge in [-0.3, -0.25) is 10.2 Å². The molecule has 1 fully saturated rings. The van der Waals surface area contributed by atoms with Crippen LogP contribution in [0, 0.1) is 0 Å². The number of unbranched alkanes of at least 4 members (excludes halogenated alkanes) is 1. The van der Waals surface area contributed by atoms with E-state index < -0.39 is 6.04 Å². The molecule has 0 spiro atoms. The number of carbonyl (C=O) groups excluding carboxylic acids is 1. The smallest absolute Gasteiger partial charge is 0.251 e. The normalized spacial score (nSPS) is 19.6. The minimum absolute atomic E-state index is 0.0519. The van der Waals surface area contributed by atoms with E-state index in [-0.39, 0.29) is 5.91 Å². The summed E-state index contributed by atoms with van der Waals surface area (Å²) in [7, 11) is 0. The van der Waals surface area contributed by atoms with Gasteiger partial charge in [0.25, 0.3) is 5.91 Å². The van der Waals surface area contributed by atoms with E-state index in [1.165, 1.54) is 12.8 Å². The fourth-order valence-electron chi connectivity index (χ4n) is 2.06. The Morgan fingerprint density at radius 1 is 1.18 bits per heavy atom. The summed E-state index contributed by atoms with van der Waals surface area (Å²) in [6.45, 7) is 2.56. The molecule has 5 heteroatoms. The SMILES string of the molecule is NCCCCC(N)C(=O)NN1CCCCCC1. The predicted molar refractivity (Wildman–Crippen MR) is 69.1 cm³/mol. The first-order valence-electron chi connectivity index (χ1n) is 6.75. The average Bonchev–Trinajstić information content (AvgIpc) is 2.57. The molecule has 0 saturated carbocycles. The van der Waals surface area contributed by atoms with E-state index in [0.29, 0.717) is 6.54 Å². The molecule has 1 aliphatic rings. The van der Waals surface area contributed by atoms with E-state index in [2.05, 4.69) is 5.43 Å². The molecule has 100 valence electrons. The number of nitrogens with one attached hydrogen (secondary N) is 1. The number of hydrogen-bond acceptors (Lipinski definition) is 4. The van der Waals surface area contributed by atoms with Crippen LogP contribution in [0.4, 0.5) is 0 Å². The summed E-state index contributed by atoms with van der Waals surface area (Å²) in [5.74, 6) is -0.0519. The average molecular weight is 242 g/mol. The van der Waals surface area contributed by atoms with Crippen molar-refractivity contribution < 1.29 is 4.79 Å². The highest BCUT2D eigenvalue weighted by atomic mass is 16.2. The number of rotatable bonds is 6. The van der Waals surface area contributed by atoms with Crippen molar-refractivity contribution in [3.8, 4) is 0 Å². The fraction of sp³-hybridized carbons (Fsp3) is 0.917. The molecule has 1 saturated heterocycles. The lowest BCUT2D eigenvalue weighted by molar-refractivity contribution is -0.127. The van der Waals surface area contributed by atoms with Crippen molar-refractivity contribution in [2.45, 2.75) is 51.0 Å². The number of nitrogens with two attached hydrogens (primary N) is 2. The van der Waals surface area contributed by atoms with Crippen molar-refractivity contribution in [3.05, 3.63) is 0 Å². The first-order chi connectivity index (χ1) is 8.24. The molecule has 17 heavy (non-hydrogen) atoms. The van der Waals surface area contributed by atoms with Crippen LogP contribution in [0.1, 0.15) is 44.9 Å². The van der Waals surface area contributed by atoms with E-state index in [1.807, 2.05) is 5.01 Å². The van der Waals surface area contributed by atoms with Gasteiger partial charge in [-0.2, -0.15) is 0 Å². The van der Waals surface area contributed by atoms with Gasteiger partial charge < -0.3 is 11.5 Å². The van der Waals surface area contributed by atoms with Crippen LogP contribution in [0.25, 0.3) is 0 Å². The van der Waals surface area contributed by atoms with Gasteiger partial charge in [0.15, 0.2) is 0 Å². The van der Waals surface area contributed by atoms with E-state index in [0.717, 1.165) is 45.2 Å². The Kier molecular flexibility index (Phi) is 7.16. The summed E-state index contributed by atoms with van der Waals surface area (Å²) in [6.07, 6.45) is 7.40. The van der Waals surface area contributed by atoms with Gasteiger partial charge in [-0.1, -0.05) is 19.3 Å². The quantitative estimate of drug-likeness (QED) is 0.587. The Morgan fingerprint density at radius 2 is 1.82 bits per heavy atom. The van der Waals surface area contributed by atoms with Crippen molar-refractivity contribution in [2.75, 3.05) is 19.6 Å². The van der Waals surface area contributed by atoms with Crippen LogP contribution in [-0.2, 0) is 4.79 Å². The monoisotopic (exact) mass is 242 g/mol. The standard InChI is InChI=1S/C12H26N4O/c13-8-4-3-7-11(14)12(17)15-16-9-5-1-2-6-10-16/h11H,1-10,13-14H2,(H,15,17). The van der Waals surface area contributed by atoms with Gasteiger partial charge in [0.1, 0.15) is 0 Å². The van der Waals surface area contributed by atoms with Crippen LogP contribution in [0.15, 0.2) is 0 Å². The highest BCUT2D eigenvalue weighted by Gasteiger charge is 2.16. The summed E-state index contributed by atoms with van der Waals surface area (Å²) in [4.78, 5) is 11.8. The molecule has 0 aromatic carbocycles. The summed E-state index contributed by atoms with van der Waals surface area (Å²) in [5.41, 5.74) is 14.2. The third kappa shape index (κ3) is 6.00. The molecular formula is C12H26N4O. The molecule has 1 amide bonds. The summed E-state index contributed by atoms with van der Waals surface area (Å²) in [5, 5.41) is 2.01. The molecule has 0 radical (unpaired) electrons. The predicted octanol–water partition coefficient (Wildman–Crippen LogP) is 0.350. The molecule has 0 bridgehead atoms. The largest absolute Gasteiger partial charge is 0.330 e. The van der Waals surface area contributed by atoms with Crippen LogP contribution < -0.4 is 16.9 Å². The Labute approximate surface area is 104 Å². The second kappa shape index (κ2) is 8.44. The minimum Gasteiger partial charge on any atom is -0.330 e. The van der Waals surface area contributed by atoms with Gasteiger partial charge in [-0.25, -0.2) is 5.01 Å². The lowest BCUT2D eigenvalue weighted by atomic mass is 10.1. The van der Waals surface area contributed by atoms with E-state index >= 15 is 0 Å².